The Morgan fingerprint density at radius 1 is 1.03 bits per heavy atom. The van der Waals surface area contributed by atoms with Gasteiger partial charge in [0, 0.05) is 24.9 Å². The monoisotopic (exact) mass is 470 g/mol. The summed E-state index contributed by atoms with van der Waals surface area (Å²) >= 11 is 1.40. The van der Waals surface area contributed by atoms with Crippen LogP contribution in [0.25, 0.3) is 0 Å². The summed E-state index contributed by atoms with van der Waals surface area (Å²) in [6, 6.07) is 0. The molecule has 32 heavy (non-hydrogen) atoms. The smallest absolute Gasteiger partial charge is 0.320 e. The molecule has 0 spiro atoms. The largest absolute Gasteiger partial charge is 0.458 e. The van der Waals surface area contributed by atoms with E-state index in [-0.39, 0.29) is 41.4 Å². The van der Waals surface area contributed by atoms with Gasteiger partial charge in [-0.1, -0.05) is 34.6 Å². The number of carbonyl (C=O) groups excluding carboxylic acids is 3. The van der Waals surface area contributed by atoms with E-state index in [2.05, 4.69) is 6.92 Å². The van der Waals surface area contributed by atoms with Crippen molar-refractivity contribution in [2.45, 2.75) is 96.7 Å². The van der Waals surface area contributed by atoms with E-state index in [4.69, 9.17) is 14.2 Å². The molecule has 6 nitrogen and oxygen atoms in total. The molecule has 9 unspecified atom stereocenters. The normalized spacial score (nSPS) is 44.4. The Morgan fingerprint density at radius 3 is 2.19 bits per heavy atom. The molecule has 0 aromatic rings. The SMILES string of the molecule is CCC1OC(=O)C(C)CC(C)CC(C)(OC)CC(C)C(=O)C(C)C2C(SC)C(=O)OC12C. The molecule has 0 N–H and O–H groups in total. The van der Waals surface area contributed by atoms with Gasteiger partial charge in [-0.2, -0.15) is 0 Å². The van der Waals surface area contributed by atoms with Crippen LogP contribution in [-0.2, 0) is 28.6 Å². The molecule has 184 valence electrons. The summed E-state index contributed by atoms with van der Waals surface area (Å²) in [5.41, 5.74) is -1.53. The highest BCUT2D eigenvalue weighted by Crippen LogP contribution is 2.48. The first-order valence-corrected chi connectivity index (χ1v) is 13.2. The molecule has 9 atom stereocenters. The van der Waals surface area contributed by atoms with Crippen LogP contribution in [0.4, 0.5) is 0 Å². The van der Waals surface area contributed by atoms with Gasteiger partial charge >= 0.3 is 11.9 Å². The fourth-order valence-electron chi connectivity index (χ4n) is 6.08. The van der Waals surface area contributed by atoms with Crippen LogP contribution in [0.15, 0.2) is 0 Å². The highest BCUT2D eigenvalue weighted by Gasteiger charge is 2.60. The minimum atomic E-state index is -1.05. The maximum Gasteiger partial charge on any atom is 0.320 e. The van der Waals surface area contributed by atoms with Crippen LogP contribution in [0.1, 0.15) is 74.1 Å². The highest BCUT2D eigenvalue weighted by atomic mass is 32.2. The summed E-state index contributed by atoms with van der Waals surface area (Å²) in [6.45, 7) is 13.6. The van der Waals surface area contributed by atoms with Crippen molar-refractivity contribution < 1.29 is 28.6 Å². The van der Waals surface area contributed by atoms with Crippen molar-refractivity contribution in [2.75, 3.05) is 13.4 Å². The Labute approximate surface area is 197 Å². The van der Waals surface area contributed by atoms with Crippen LogP contribution in [-0.4, -0.2) is 53.6 Å². The number of Topliss-reactive ketones (excluding diaryl/α,β-unsaturated/α-hetero) is 1. The number of methoxy groups -OCH3 is 1. The van der Waals surface area contributed by atoms with Gasteiger partial charge < -0.3 is 14.2 Å². The number of carbonyl (C=O) groups is 3. The summed E-state index contributed by atoms with van der Waals surface area (Å²) in [4.78, 5) is 39.5. The van der Waals surface area contributed by atoms with Crippen LogP contribution in [0.5, 0.6) is 0 Å². The molecule has 2 heterocycles. The van der Waals surface area contributed by atoms with Gasteiger partial charge in [-0.3, -0.25) is 14.4 Å². The molecule has 0 bridgehead atoms. The molecule has 2 aliphatic heterocycles. The quantitative estimate of drug-likeness (QED) is 0.554. The number of hydrogen-bond acceptors (Lipinski definition) is 7. The van der Waals surface area contributed by atoms with Crippen LogP contribution < -0.4 is 0 Å². The summed E-state index contributed by atoms with van der Waals surface area (Å²) in [5.74, 6) is -1.62. The average Bonchev–Trinajstić information content (AvgIpc) is 2.99. The number of fused-ring (bicyclic) bond motifs is 1. The predicted molar refractivity (Wildman–Crippen MR) is 126 cm³/mol. The van der Waals surface area contributed by atoms with Crippen molar-refractivity contribution in [3.8, 4) is 0 Å². The molecular formula is C25H42O6S. The Balaban J connectivity index is 2.55. The third-order valence-corrected chi connectivity index (χ3v) is 8.70. The van der Waals surface area contributed by atoms with Crippen molar-refractivity contribution in [3.63, 3.8) is 0 Å². The minimum Gasteiger partial charge on any atom is -0.458 e. The van der Waals surface area contributed by atoms with E-state index in [0.717, 1.165) is 6.42 Å². The third kappa shape index (κ3) is 5.35. The molecular weight excluding hydrogens is 428 g/mol. The summed E-state index contributed by atoms with van der Waals surface area (Å²) in [6.07, 6.45) is 3.78. The molecule has 2 saturated heterocycles. The van der Waals surface area contributed by atoms with E-state index in [0.29, 0.717) is 19.3 Å². The van der Waals surface area contributed by atoms with Crippen LogP contribution in [0.2, 0.25) is 0 Å². The van der Waals surface area contributed by atoms with Gasteiger partial charge in [0.25, 0.3) is 0 Å². The van der Waals surface area contributed by atoms with Crippen molar-refractivity contribution in [1.29, 1.82) is 0 Å². The topological polar surface area (TPSA) is 78.9 Å². The van der Waals surface area contributed by atoms with E-state index in [9.17, 15) is 14.4 Å². The lowest BCUT2D eigenvalue weighted by molar-refractivity contribution is -0.183. The van der Waals surface area contributed by atoms with Crippen LogP contribution in [0.3, 0.4) is 0 Å². The maximum atomic E-state index is 13.6. The van der Waals surface area contributed by atoms with E-state index < -0.39 is 28.5 Å². The Hall–Kier alpha value is -1.08. The molecule has 0 aliphatic carbocycles. The lowest BCUT2D eigenvalue weighted by Gasteiger charge is -2.41. The predicted octanol–water partition coefficient (Wildman–Crippen LogP) is 4.67. The lowest BCUT2D eigenvalue weighted by Crippen LogP contribution is -2.52. The highest BCUT2D eigenvalue weighted by molar-refractivity contribution is 7.99. The van der Waals surface area contributed by atoms with Crippen LogP contribution in [0, 0.1) is 29.6 Å². The Morgan fingerprint density at radius 2 is 1.66 bits per heavy atom. The fourth-order valence-corrected chi connectivity index (χ4v) is 7.12. The summed E-state index contributed by atoms with van der Waals surface area (Å²) in [5, 5.41) is -0.474. The summed E-state index contributed by atoms with van der Waals surface area (Å²) in [7, 11) is 1.68. The number of rotatable bonds is 3. The van der Waals surface area contributed by atoms with Crippen LogP contribution >= 0.6 is 11.8 Å². The van der Waals surface area contributed by atoms with Crippen molar-refractivity contribution in [1.82, 2.24) is 0 Å². The lowest BCUT2D eigenvalue weighted by atomic mass is 9.70. The van der Waals surface area contributed by atoms with Crippen molar-refractivity contribution in [2.24, 2.45) is 29.6 Å². The Bertz CT molecular complexity index is 711. The summed E-state index contributed by atoms with van der Waals surface area (Å²) < 4.78 is 17.8. The number of esters is 2. The van der Waals surface area contributed by atoms with Gasteiger partial charge in [0.1, 0.15) is 17.1 Å². The number of hydrogen-bond donors (Lipinski definition) is 0. The average molecular weight is 471 g/mol. The zero-order valence-electron chi connectivity index (χ0n) is 21.2. The minimum absolute atomic E-state index is 0.0983. The molecule has 0 aromatic carbocycles. The number of ether oxygens (including phenoxy) is 3. The molecule has 2 fully saturated rings. The van der Waals surface area contributed by atoms with E-state index in [1.807, 2.05) is 47.8 Å². The molecule has 7 heteroatoms. The maximum absolute atomic E-state index is 13.6. The standard InChI is InChI=1S/C25H42O6S/c1-10-18-25(7)19(21(32-9)23(28)31-25)17(5)20(26)16(4)13-24(6,29-8)12-14(2)11-15(3)22(27)30-18/h14-19,21H,10-13H2,1-9H3. The zero-order chi connectivity index (χ0) is 24.4. The third-order valence-electron chi connectivity index (χ3n) is 7.71. The molecule has 0 radical (unpaired) electrons. The molecule has 0 aromatic heterocycles. The first-order valence-electron chi connectivity index (χ1n) is 11.9. The number of cyclic esters (lactones) is 1. The van der Waals surface area contributed by atoms with Gasteiger partial charge in [0.15, 0.2) is 5.60 Å². The molecule has 2 rings (SSSR count). The Kier molecular flexibility index (Phi) is 8.88. The molecule has 2 aliphatic rings. The fraction of sp³-hybridized carbons (Fsp3) is 0.880. The second kappa shape index (κ2) is 10.5. The van der Waals surface area contributed by atoms with Gasteiger partial charge in [0.2, 0.25) is 0 Å². The van der Waals surface area contributed by atoms with Gasteiger partial charge in [-0.05, 0) is 51.7 Å². The van der Waals surface area contributed by atoms with Crippen molar-refractivity contribution >= 4 is 29.5 Å². The van der Waals surface area contributed by atoms with E-state index >= 15 is 0 Å². The second-order valence-electron chi connectivity index (χ2n) is 10.5. The molecule has 0 amide bonds. The van der Waals surface area contributed by atoms with Gasteiger partial charge in [-0.25, -0.2) is 0 Å². The van der Waals surface area contributed by atoms with Gasteiger partial charge in [0.05, 0.1) is 11.5 Å². The second-order valence-corrected chi connectivity index (χ2v) is 11.5. The van der Waals surface area contributed by atoms with Crippen molar-refractivity contribution in [3.05, 3.63) is 0 Å². The first-order chi connectivity index (χ1) is 14.8. The van der Waals surface area contributed by atoms with Gasteiger partial charge in [-0.15, -0.1) is 11.8 Å². The number of thioether (sulfide) groups is 1. The van der Waals surface area contributed by atoms with E-state index in [1.54, 1.807) is 7.11 Å². The van der Waals surface area contributed by atoms with E-state index in [1.165, 1.54) is 11.8 Å². The number of ketones is 1. The zero-order valence-corrected chi connectivity index (χ0v) is 22.0. The first kappa shape index (κ1) is 27.2. The molecule has 0 saturated carbocycles.